The van der Waals surface area contributed by atoms with E-state index in [0.717, 1.165) is 35.3 Å². The molecule has 0 atom stereocenters. The van der Waals surface area contributed by atoms with E-state index in [2.05, 4.69) is 27.8 Å². The summed E-state index contributed by atoms with van der Waals surface area (Å²) in [6.45, 7) is 8.02. The molecule has 0 aromatic heterocycles. The third-order valence-corrected chi connectivity index (χ3v) is 3.05. The highest BCUT2D eigenvalue weighted by Crippen LogP contribution is 2.34. The molecular formula is C13H17BrClNO. The molecule has 0 bridgehead atoms. The number of hydrogen-bond acceptors (Lipinski definition) is 2. The molecule has 1 aromatic carbocycles. The van der Waals surface area contributed by atoms with E-state index >= 15 is 0 Å². The summed E-state index contributed by atoms with van der Waals surface area (Å²) >= 11 is 9.57. The molecule has 0 fully saturated rings. The first-order valence-electron chi connectivity index (χ1n) is 5.55. The zero-order valence-corrected chi connectivity index (χ0v) is 12.3. The van der Waals surface area contributed by atoms with Crippen LogP contribution in [0.15, 0.2) is 29.3 Å². The lowest BCUT2D eigenvalue weighted by Crippen LogP contribution is -2.17. The second-order valence-electron chi connectivity index (χ2n) is 3.75. The van der Waals surface area contributed by atoms with Gasteiger partial charge in [-0.15, -0.1) is 6.58 Å². The van der Waals surface area contributed by atoms with E-state index in [4.69, 9.17) is 16.3 Å². The summed E-state index contributed by atoms with van der Waals surface area (Å²) in [5.41, 5.74) is 1.11. The second kappa shape index (κ2) is 7.75. The van der Waals surface area contributed by atoms with E-state index in [1.165, 1.54) is 0 Å². The summed E-state index contributed by atoms with van der Waals surface area (Å²) < 4.78 is 6.56. The summed E-state index contributed by atoms with van der Waals surface area (Å²) in [4.78, 5) is 0. The average molecular weight is 319 g/mol. The predicted octanol–water partition coefficient (Wildman–Crippen LogP) is 3.96. The predicted molar refractivity (Wildman–Crippen MR) is 77.1 cm³/mol. The van der Waals surface area contributed by atoms with Crippen LogP contribution in [0, 0.1) is 6.92 Å². The van der Waals surface area contributed by atoms with Gasteiger partial charge in [0.2, 0.25) is 0 Å². The van der Waals surface area contributed by atoms with Crippen molar-refractivity contribution in [1.82, 2.24) is 5.32 Å². The van der Waals surface area contributed by atoms with Gasteiger partial charge in [0.25, 0.3) is 0 Å². The molecule has 94 valence electrons. The summed E-state index contributed by atoms with van der Waals surface area (Å²) in [5.74, 6) is 0.723. The molecule has 2 nitrogen and oxygen atoms in total. The lowest BCUT2D eigenvalue weighted by Gasteiger charge is -2.11. The molecule has 0 aliphatic rings. The Morgan fingerprint density at radius 3 is 2.94 bits per heavy atom. The fourth-order valence-electron chi connectivity index (χ4n) is 1.40. The molecule has 0 aliphatic heterocycles. The standard InChI is InChI=1S/C13H17BrClNO/c1-3-5-16-6-4-7-17-13-11(14)8-10(2)9-12(13)15/h3,8-9,16H,1,4-7H2,2H3. The Morgan fingerprint density at radius 2 is 2.29 bits per heavy atom. The summed E-state index contributed by atoms with van der Waals surface area (Å²) in [7, 11) is 0. The van der Waals surface area contributed by atoms with Gasteiger partial charge in [0.15, 0.2) is 5.75 Å². The lowest BCUT2D eigenvalue weighted by atomic mass is 10.2. The van der Waals surface area contributed by atoms with Gasteiger partial charge in [0.1, 0.15) is 0 Å². The van der Waals surface area contributed by atoms with Crippen molar-refractivity contribution in [2.45, 2.75) is 13.3 Å². The van der Waals surface area contributed by atoms with E-state index in [-0.39, 0.29) is 0 Å². The second-order valence-corrected chi connectivity index (χ2v) is 5.01. The molecule has 0 unspecified atom stereocenters. The van der Waals surface area contributed by atoms with Crippen LogP contribution in [0.5, 0.6) is 5.75 Å². The first-order chi connectivity index (χ1) is 8.15. The van der Waals surface area contributed by atoms with Crippen LogP contribution in [0.4, 0.5) is 0 Å². The van der Waals surface area contributed by atoms with Crippen molar-refractivity contribution < 1.29 is 4.74 Å². The zero-order chi connectivity index (χ0) is 12.7. The van der Waals surface area contributed by atoms with E-state index in [1.54, 1.807) is 0 Å². The summed E-state index contributed by atoms with van der Waals surface area (Å²) in [5, 5.41) is 3.87. The van der Waals surface area contributed by atoms with Crippen molar-refractivity contribution >= 4 is 27.5 Å². The van der Waals surface area contributed by atoms with Crippen LogP contribution < -0.4 is 10.1 Å². The third-order valence-electron chi connectivity index (χ3n) is 2.18. The van der Waals surface area contributed by atoms with E-state index < -0.39 is 0 Å². The van der Waals surface area contributed by atoms with Gasteiger partial charge in [-0.3, -0.25) is 0 Å². The minimum atomic E-state index is 0.644. The smallest absolute Gasteiger partial charge is 0.152 e. The Kier molecular flexibility index (Phi) is 6.63. The molecule has 17 heavy (non-hydrogen) atoms. The van der Waals surface area contributed by atoms with Crippen molar-refractivity contribution in [2.24, 2.45) is 0 Å². The highest BCUT2D eigenvalue weighted by atomic mass is 79.9. The number of nitrogens with one attached hydrogen (secondary N) is 1. The van der Waals surface area contributed by atoms with Crippen LogP contribution in [0.3, 0.4) is 0 Å². The first-order valence-corrected chi connectivity index (χ1v) is 6.72. The molecule has 0 saturated heterocycles. The van der Waals surface area contributed by atoms with Crippen LogP contribution in [0.2, 0.25) is 5.02 Å². The summed E-state index contributed by atoms with van der Waals surface area (Å²) in [6.07, 6.45) is 2.78. The Labute approximate surface area is 116 Å². The number of benzene rings is 1. The Morgan fingerprint density at radius 1 is 1.53 bits per heavy atom. The van der Waals surface area contributed by atoms with Gasteiger partial charge in [-0.25, -0.2) is 0 Å². The minimum Gasteiger partial charge on any atom is -0.491 e. The highest BCUT2D eigenvalue weighted by molar-refractivity contribution is 9.10. The largest absolute Gasteiger partial charge is 0.491 e. The monoisotopic (exact) mass is 317 g/mol. The fourth-order valence-corrected chi connectivity index (χ4v) is 2.53. The fraction of sp³-hybridized carbons (Fsp3) is 0.385. The molecule has 0 saturated carbocycles. The zero-order valence-electron chi connectivity index (χ0n) is 9.93. The number of aryl methyl sites for hydroxylation is 1. The number of halogens is 2. The maximum absolute atomic E-state index is 6.11. The van der Waals surface area contributed by atoms with Gasteiger partial charge in [0.05, 0.1) is 16.1 Å². The van der Waals surface area contributed by atoms with Crippen molar-refractivity contribution in [3.63, 3.8) is 0 Å². The third kappa shape index (κ3) is 5.11. The van der Waals surface area contributed by atoms with Gasteiger partial charge in [-0.05, 0) is 53.5 Å². The molecule has 0 radical (unpaired) electrons. The molecule has 0 amide bonds. The van der Waals surface area contributed by atoms with E-state index in [9.17, 15) is 0 Å². The van der Waals surface area contributed by atoms with Crippen molar-refractivity contribution in [3.8, 4) is 5.75 Å². The van der Waals surface area contributed by atoms with Crippen LogP contribution in [0.1, 0.15) is 12.0 Å². The molecule has 1 aromatic rings. The molecule has 1 N–H and O–H groups in total. The van der Waals surface area contributed by atoms with E-state index in [0.29, 0.717) is 11.6 Å². The molecule has 1 rings (SSSR count). The molecule has 0 spiro atoms. The Balaban J connectivity index is 2.39. The Bertz CT molecular complexity index is 359. The van der Waals surface area contributed by atoms with Crippen LogP contribution in [-0.4, -0.2) is 19.7 Å². The van der Waals surface area contributed by atoms with Crippen LogP contribution in [-0.2, 0) is 0 Å². The Hall–Kier alpha value is -0.510. The first kappa shape index (κ1) is 14.6. The van der Waals surface area contributed by atoms with Crippen LogP contribution in [0.25, 0.3) is 0 Å². The normalized spacial score (nSPS) is 10.3. The number of ether oxygens (including phenoxy) is 1. The average Bonchev–Trinajstić information content (AvgIpc) is 2.26. The number of hydrogen-bond donors (Lipinski definition) is 1. The quantitative estimate of drug-likeness (QED) is 0.607. The molecular weight excluding hydrogens is 302 g/mol. The minimum absolute atomic E-state index is 0.644. The topological polar surface area (TPSA) is 21.3 Å². The van der Waals surface area contributed by atoms with Gasteiger partial charge >= 0.3 is 0 Å². The SMILES string of the molecule is C=CCNCCCOc1c(Cl)cc(C)cc1Br. The van der Waals surface area contributed by atoms with E-state index in [1.807, 2.05) is 25.1 Å². The van der Waals surface area contributed by atoms with Gasteiger partial charge in [0, 0.05) is 6.54 Å². The van der Waals surface area contributed by atoms with Crippen molar-refractivity contribution in [1.29, 1.82) is 0 Å². The maximum Gasteiger partial charge on any atom is 0.152 e. The number of rotatable bonds is 7. The van der Waals surface area contributed by atoms with Gasteiger partial charge in [-0.2, -0.15) is 0 Å². The summed E-state index contributed by atoms with van der Waals surface area (Å²) in [6, 6.07) is 3.90. The van der Waals surface area contributed by atoms with Crippen LogP contribution >= 0.6 is 27.5 Å². The highest BCUT2D eigenvalue weighted by Gasteiger charge is 2.07. The van der Waals surface area contributed by atoms with Gasteiger partial charge in [-0.1, -0.05) is 17.7 Å². The van der Waals surface area contributed by atoms with Crippen molar-refractivity contribution in [2.75, 3.05) is 19.7 Å². The molecule has 0 heterocycles. The maximum atomic E-state index is 6.11. The molecule has 0 aliphatic carbocycles. The van der Waals surface area contributed by atoms with Crippen molar-refractivity contribution in [3.05, 3.63) is 39.8 Å². The molecule has 4 heteroatoms. The van der Waals surface area contributed by atoms with Gasteiger partial charge < -0.3 is 10.1 Å². The lowest BCUT2D eigenvalue weighted by molar-refractivity contribution is 0.307.